The van der Waals surface area contributed by atoms with Crippen molar-refractivity contribution in [2.45, 2.75) is 45.0 Å². The molecule has 21 heavy (non-hydrogen) atoms. The Morgan fingerprint density at radius 3 is 2.62 bits per heavy atom. The van der Waals surface area contributed by atoms with Gasteiger partial charge in [0.15, 0.2) is 0 Å². The maximum Gasteiger partial charge on any atom is 0.494 e. The zero-order valence-corrected chi connectivity index (χ0v) is 12.6. The van der Waals surface area contributed by atoms with Gasteiger partial charge in [0.2, 0.25) is 0 Å². The minimum Gasteiger partial charge on any atom is -0.399 e. The molecule has 0 saturated carbocycles. The molecule has 0 bridgehead atoms. The van der Waals surface area contributed by atoms with Crippen LogP contribution in [0.4, 0.5) is 5.69 Å². The lowest BCUT2D eigenvalue weighted by Gasteiger charge is -2.40. The first-order valence-corrected chi connectivity index (χ1v) is 6.82. The van der Waals surface area contributed by atoms with Gasteiger partial charge in [-0.15, -0.1) is 0 Å². The molecule has 2 heterocycles. The van der Waals surface area contributed by atoms with Crippen molar-refractivity contribution in [3.8, 4) is 0 Å². The molecule has 0 aromatic heterocycles. The van der Waals surface area contributed by atoms with E-state index in [4.69, 9.17) is 20.3 Å². The van der Waals surface area contributed by atoms with E-state index in [1.54, 1.807) is 12.1 Å². The van der Waals surface area contributed by atoms with E-state index in [0.717, 1.165) is 0 Å². The maximum absolute atomic E-state index is 8.19. The number of methoxy groups -OCH3 is 1. The minimum absolute atomic E-state index is 0.115. The molecule has 0 unspecified atom stereocenters. The fourth-order valence-electron chi connectivity index (χ4n) is 2.17. The molecular weight excluding hydrogens is 265 g/mol. The summed E-state index contributed by atoms with van der Waals surface area (Å²) in [6.45, 7) is 2.10. The largest absolute Gasteiger partial charge is 0.494 e. The van der Waals surface area contributed by atoms with Crippen molar-refractivity contribution < 1.29 is 25.0 Å². The van der Waals surface area contributed by atoms with Gasteiger partial charge < -0.3 is 18.9 Å². The number of ether oxygens (including phenoxy) is 1. The summed E-state index contributed by atoms with van der Waals surface area (Å²) in [5.41, 5.74) is -0.508. The molecule has 3 rings (SSSR count). The van der Waals surface area contributed by atoms with Gasteiger partial charge in [0.25, 0.3) is 0 Å². The highest BCUT2D eigenvalue weighted by molar-refractivity contribution is 6.62. The average molecular weight is 297 g/mol. The first-order chi connectivity index (χ1) is 12.9. The molecule has 0 amide bonds. The molecule has 2 fully saturated rings. The molecule has 0 N–H and O–H groups in total. The molecule has 2 aliphatic heterocycles. The summed E-state index contributed by atoms with van der Waals surface area (Å²) in [5, 5.41) is 0. The van der Waals surface area contributed by atoms with Gasteiger partial charge in [-0.3, -0.25) is 0 Å². The highest BCUT2D eigenvalue weighted by atomic mass is 16.7. The molecule has 1 aromatic rings. The van der Waals surface area contributed by atoms with Crippen LogP contribution < -0.4 is 10.4 Å². The Kier molecular flexibility index (Phi) is 1.91. The molecule has 0 aliphatic carbocycles. The van der Waals surface area contributed by atoms with E-state index in [1.165, 1.54) is 12.1 Å². The lowest BCUT2D eigenvalue weighted by molar-refractivity contribution is 0.00578. The van der Waals surface area contributed by atoms with Gasteiger partial charge in [0.05, 0.1) is 28.2 Å². The first kappa shape index (κ1) is 8.00. The quantitative estimate of drug-likeness (QED) is 0.796. The zero-order chi connectivity index (χ0) is 22.3. The van der Waals surface area contributed by atoms with E-state index in [0.29, 0.717) is 10.4 Å². The molecule has 1 aromatic carbocycles. The van der Waals surface area contributed by atoms with Crippen LogP contribution in [0.1, 0.15) is 38.7 Å². The molecular formula is C16H24BNO3. The third-order valence-corrected chi connectivity index (χ3v) is 4.18. The van der Waals surface area contributed by atoms with Gasteiger partial charge in [0, 0.05) is 25.7 Å². The van der Waals surface area contributed by atoms with Crippen LogP contribution in [0, 0.1) is 0 Å². The topological polar surface area (TPSA) is 30.9 Å². The highest BCUT2D eigenvalue weighted by Crippen LogP contribution is 2.36. The van der Waals surface area contributed by atoms with Crippen LogP contribution in [0.2, 0.25) is 0 Å². The third-order valence-electron chi connectivity index (χ3n) is 4.18. The Hall–Kier alpha value is -1.04. The fourth-order valence-corrected chi connectivity index (χ4v) is 2.17. The third kappa shape index (κ3) is 2.58. The Balaban J connectivity index is 1.94. The average Bonchev–Trinajstić information content (AvgIpc) is 2.73. The van der Waals surface area contributed by atoms with Crippen molar-refractivity contribution >= 4 is 18.3 Å². The van der Waals surface area contributed by atoms with Crippen molar-refractivity contribution in [1.82, 2.24) is 0 Å². The van der Waals surface area contributed by atoms with E-state index in [1.807, 2.05) is 27.7 Å². The standard InChI is InChI=1S/C16H24BNO3/c1-15(2)16(3,4)21-17(20-15)12-7-6-8-13(9-12)18-10-14(11-18)19-5/h6-9,14H,10-11H2,1-5H3/i5D3,10D2,11D2,14D. The SMILES string of the molecule is [2H]C([2H])([2H])OC1([2H])C([2H])([2H])N(c2cccc(B3OC(C)(C)C(C)(C)O3)c2)C1([2H])[2H]. The number of benzene rings is 1. The van der Waals surface area contributed by atoms with E-state index in [-0.39, 0.29) is 5.69 Å². The van der Waals surface area contributed by atoms with Gasteiger partial charge in [-0.1, -0.05) is 12.1 Å². The van der Waals surface area contributed by atoms with Crippen LogP contribution >= 0.6 is 0 Å². The van der Waals surface area contributed by atoms with Gasteiger partial charge in [-0.25, -0.2) is 0 Å². The van der Waals surface area contributed by atoms with E-state index < -0.39 is 44.4 Å². The summed E-state index contributed by atoms with van der Waals surface area (Å²) < 4.78 is 78.9. The molecule has 0 atom stereocenters. The second-order valence-electron chi connectivity index (χ2n) is 6.17. The van der Waals surface area contributed by atoms with Crippen molar-refractivity contribution in [3.63, 3.8) is 0 Å². The maximum atomic E-state index is 8.19. The van der Waals surface area contributed by atoms with Gasteiger partial charge >= 0.3 is 7.12 Å². The number of rotatable bonds is 3. The Morgan fingerprint density at radius 1 is 1.33 bits per heavy atom. The van der Waals surface area contributed by atoms with Crippen LogP contribution in [0.5, 0.6) is 0 Å². The Bertz CT molecular complexity index is 782. The summed E-state index contributed by atoms with van der Waals surface area (Å²) >= 11 is 0. The molecule has 2 saturated heterocycles. The normalized spacial score (nSPS) is 36.8. The predicted octanol–water partition coefficient (Wildman–Crippen LogP) is 1.82. The number of nitrogens with zero attached hydrogens (tertiary/aromatic N) is 1. The van der Waals surface area contributed by atoms with E-state index >= 15 is 0 Å². The summed E-state index contributed by atoms with van der Waals surface area (Å²) in [5.74, 6) is 0. The minimum atomic E-state index is -3.13. The highest BCUT2D eigenvalue weighted by Gasteiger charge is 2.51. The number of hydrogen-bond donors (Lipinski definition) is 0. The Morgan fingerprint density at radius 2 is 2.00 bits per heavy atom. The van der Waals surface area contributed by atoms with Crippen molar-refractivity contribution in [1.29, 1.82) is 0 Å². The number of hydrogen-bond acceptors (Lipinski definition) is 4. The molecule has 0 spiro atoms. The van der Waals surface area contributed by atoms with Crippen molar-refractivity contribution in [2.24, 2.45) is 0 Å². The van der Waals surface area contributed by atoms with Gasteiger partial charge in [0.1, 0.15) is 0 Å². The second-order valence-corrected chi connectivity index (χ2v) is 6.17. The van der Waals surface area contributed by atoms with Gasteiger partial charge in [-0.2, -0.15) is 0 Å². The van der Waals surface area contributed by atoms with Crippen molar-refractivity contribution in [2.75, 3.05) is 24.9 Å². The van der Waals surface area contributed by atoms with Crippen LogP contribution in [-0.2, 0) is 14.0 Å². The van der Waals surface area contributed by atoms with Crippen LogP contribution in [0.15, 0.2) is 24.3 Å². The summed E-state index contributed by atoms with van der Waals surface area (Å²) in [7, 11) is -3.86. The predicted molar refractivity (Wildman–Crippen MR) is 85.2 cm³/mol. The zero-order valence-electron chi connectivity index (χ0n) is 20.6. The summed E-state index contributed by atoms with van der Waals surface area (Å²) in [6, 6.07) is 6.28. The van der Waals surface area contributed by atoms with Crippen LogP contribution in [-0.4, -0.2) is 44.4 Å². The lowest BCUT2D eigenvalue weighted by Crippen LogP contribution is -2.52. The smallest absolute Gasteiger partial charge is 0.399 e. The molecule has 5 heteroatoms. The fraction of sp³-hybridized carbons (Fsp3) is 0.625. The van der Waals surface area contributed by atoms with Gasteiger partial charge in [-0.05, 0) is 45.3 Å². The summed E-state index contributed by atoms with van der Waals surface area (Å²) in [4.78, 5) is 0.702. The molecule has 114 valence electrons. The first-order valence-electron chi connectivity index (χ1n) is 10.8. The molecule has 0 radical (unpaired) electrons. The second kappa shape index (κ2) is 5.01. The summed E-state index contributed by atoms with van der Waals surface area (Å²) in [6.07, 6.45) is -2.94. The van der Waals surface area contributed by atoms with Crippen molar-refractivity contribution in [3.05, 3.63) is 24.3 Å². The van der Waals surface area contributed by atoms with E-state index in [9.17, 15) is 0 Å². The van der Waals surface area contributed by atoms with Crippen LogP contribution in [0.25, 0.3) is 0 Å². The van der Waals surface area contributed by atoms with E-state index in [2.05, 4.69) is 4.74 Å². The van der Waals surface area contributed by atoms with Crippen LogP contribution in [0.3, 0.4) is 0 Å². The molecule has 2 aliphatic rings. The monoisotopic (exact) mass is 297 g/mol. The molecule has 4 nitrogen and oxygen atoms in total. The Labute approximate surface area is 138 Å². The lowest BCUT2D eigenvalue weighted by atomic mass is 9.79. The number of anilines is 1.